The summed E-state index contributed by atoms with van der Waals surface area (Å²) in [5, 5.41) is 0. The molecule has 2 aliphatic rings. The Labute approximate surface area is 144 Å². The zero-order valence-electron chi connectivity index (χ0n) is 13.3. The van der Waals surface area contributed by atoms with Crippen LogP contribution in [0.15, 0.2) is 88.5 Å². The van der Waals surface area contributed by atoms with E-state index in [2.05, 4.69) is 0 Å². The van der Waals surface area contributed by atoms with Crippen LogP contribution in [0.3, 0.4) is 0 Å². The molecule has 1 aliphatic heterocycles. The molecule has 1 aromatic heterocycles. The maximum atomic E-state index is 12.9. The second-order valence-corrected chi connectivity index (χ2v) is 6.38. The summed E-state index contributed by atoms with van der Waals surface area (Å²) < 4.78 is 11.2. The molecule has 25 heavy (non-hydrogen) atoms. The van der Waals surface area contributed by atoms with E-state index in [0.717, 1.165) is 16.9 Å². The Bertz CT molecular complexity index is 947. The fourth-order valence-electron chi connectivity index (χ4n) is 3.83. The zero-order valence-corrected chi connectivity index (χ0v) is 13.3. The van der Waals surface area contributed by atoms with E-state index < -0.39 is 5.54 Å². The molecule has 1 aliphatic carbocycles. The maximum Gasteiger partial charge on any atom is 0.342 e. The second kappa shape index (κ2) is 5.18. The summed E-state index contributed by atoms with van der Waals surface area (Å²) >= 11 is 0. The Hall–Kier alpha value is -3.14. The molecule has 4 heteroatoms. The van der Waals surface area contributed by atoms with Crippen molar-refractivity contribution in [3.63, 3.8) is 0 Å². The zero-order chi connectivity index (χ0) is 16.9. The van der Waals surface area contributed by atoms with Gasteiger partial charge < -0.3 is 9.15 Å². The molecule has 1 saturated carbocycles. The van der Waals surface area contributed by atoms with Crippen molar-refractivity contribution in [2.45, 2.75) is 17.4 Å². The van der Waals surface area contributed by atoms with Gasteiger partial charge in [-0.25, -0.2) is 9.79 Å². The van der Waals surface area contributed by atoms with E-state index in [9.17, 15) is 4.79 Å². The van der Waals surface area contributed by atoms with Gasteiger partial charge in [0, 0.05) is 11.5 Å². The Morgan fingerprint density at radius 1 is 0.840 bits per heavy atom. The Balaban J connectivity index is 1.63. The van der Waals surface area contributed by atoms with Gasteiger partial charge in [0.2, 0.25) is 5.90 Å². The number of cyclic esters (lactones) is 1. The predicted molar refractivity (Wildman–Crippen MR) is 92.4 cm³/mol. The van der Waals surface area contributed by atoms with Crippen molar-refractivity contribution in [1.82, 2.24) is 0 Å². The van der Waals surface area contributed by atoms with E-state index >= 15 is 0 Å². The molecule has 122 valence electrons. The van der Waals surface area contributed by atoms with E-state index in [1.54, 1.807) is 6.26 Å². The van der Waals surface area contributed by atoms with Crippen LogP contribution in [0.1, 0.15) is 28.7 Å². The lowest BCUT2D eigenvalue weighted by Gasteiger charge is -2.01. The first-order valence-corrected chi connectivity index (χ1v) is 8.26. The molecule has 1 spiro atoms. The summed E-state index contributed by atoms with van der Waals surface area (Å²) in [6.07, 6.45) is 1.63. The molecule has 5 rings (SSSR count). The molecule has 0 unspecified atom stereocenters. The van der Waals surface area contributed by atoms with E-state index in [1.807, 2.05) is 72.8 Å². The highest BCUT2D eigenvalue weighted by Gasteiger charge is 2.76. The lowest BCUT2D eigenvalue weighted by atomic mass is 10.1. The van der Waals surface area contributed by atoms with Crippen molar-refractivity contribution in [2.24, 2.45) is 4.99 Å². The number of esters is 1. The summed E-state index contributed by atoms with van der Waals surface area (Å²) in [5.41, 5.74) is 0.952. The number of aliphatic imine (C=N–C) groups is 1. The summed E-state index contributed by atoms with van der Waals surface area (Å²) in [6, 6.07) is 23.2. The molecular weight excluding hydrogens is 314 g/mol. The third kappa shape index (κ3) is 2.00. The number of rotatable bonds is 3. The van der Waals surface area contributed by atoms with Crippen molar-refractivity contribution in [3.8, 4) is 0 Å². The van der Waals surface area contributed by atoms with Gasteiger partial charge in [0.15, 0.2) is 5.54 Å². The van der Waals surface area contributed by atoms with Crippen LogP contribution in [0.25, 0.3) is 0 Å². The van der Waals surface area contributed by atoms with Crippen molar-refractivity contribution in [2.75, 3.05) is 0 Å². The van der Waals surface area contributed by atoms with Crippen LogP contribution in [0.2, 0.25) is 0 Å². The SMILES string of the molecule is O=C1OC(c2ccccc2)=N[C@]12[C@H](c1ccccc1)[C@H]2c1ccco1. The standard InChI is InChI=1S/C21H15NO3/c23-20-21(22-19(25-20)15-10-5-2-6-11-15)17(14-8-3-1-4-9-14)18(21)16-12-7-13-24-16/h1-13,17-18H/t17-,18-,21+/m1/s1. The number of nitrogens with zero attached hydrogens (tertiary/aromatic N) is 1. The summed E-state index contributed by atoms with van der Waals surface area (Å²) in [5.74, 6) is 0.637. The molecule has 3 aromatic rings. The molecule has 2 heterocycles. The average molecular weight is 329 g/mol. The molecule has 1 fully saturated rings. The molecule has 0 radical (unpaired) electrons. The number of furan rings is 1. The topological polar surface area (TPSA) is 51.8 Å². The van der Waals surface area contributed by atoms with Gasteiger partial charge in [-0.05, 0) is 29.8 Å². The summed E-state index contributed by atoms with van der Waals surface area (Å²) in [4.78, 5) is 17.6. The number of benzene rings is 2. The lowest BCUT2D eigenvalue weighted by molar-refractivity contribution is -0.136. The first kappa shape index (κ1) is 14.2. The van der Waals surface area contributed by atoms with Crippen molar-refractivity contribution >= 4 is 11.9 Å². The quantitative estimate of drug-likeness (QED) is 0.685. The van der Waals surface area contributed by atoms with Crippen LogP contribution < -0.4 is 0 Å². The second-order valence-electron chi connectivity index (χ2n) is 6.38. The number of hydrogen-bond donors (Lipinski definition) is 0. The van der Waals surface area contributed by atoms with E-state index in [4.69, 9.17) is 14.1 Å². The average Bonchev–Trinajstić information content (AvgIpc) is 2.97. The molecule has 0 amide bonds. The normalized spacial score (nSPS) is 27.2. The van der Waals surface area contributed by atoms with E-state index in [0.29, 0.717) is 5.90 Å². The molecule has 3 atom stereocenters. The highest BCUT2D eigenvalue weighted by molar-refractivity contribution is 6.11. The Morgan fingerprint density at radius 2 is 1.56 bits per heavy atom. The van der Waals surface area contributed by atoms with Gasteiger partial charge in [-0.15, -0.1) is 0 Å². The Kier molecular flexibility index (Phi) is 2.95. The first-order chi connectivity index (χ1) is 12.3. The third-order valence-electron chi connectivity index (χ3n) is 5.00. The van der Waals surface area contributed by atoms with Gasteiger partial charge in [-0.3, -0.25) is 0 Å². The number of carbonyl (C=O) groups is 1. The van der Waals surface area contributed by atoms with Crippen LogP contribution in [-0.2, 0) is 9.53 Å². The maximum absolute atomic E-state index is 12.9. The van der Waals surface area contributed by atoms with Gasteiger partial charge in [0.1, 0.15) is 5.76 Å². The smallest absolute Gasteiger partial charge is 0.342 e. The minimum absolute atomic E-state index is 0.0754. The number of carbonyl (C=O) groups excluding carboxylic acids is 1. The number of hydrogen-bond acceptors (Lipinski definition) is 4. The summed E-state index contributed by atoms with van der Waals surface area (Å²) in [6.45, 7) is 0. The minimum atomic E-state index is -0.926. The van der Waals surface area contributed by atoms with Gasteiger partial charge in [0.25, 0.3) is 0 Å². The first-order valence-electron chi connectivity index (χ1n) is 8.26. The van der Waals surface area contributed by atoms with Gasteiger partial charge >= 0.3 is 5.97 Å². The molecule has 4 nitrogen and oxygen atoms in total. The Morgan fingerprint density at radius 3 is 2.24 bits per heavy atom. The molecule has 2 aromatic carbocycles. The highest BCUT2D eigenvalue weighted by atomic mass is 16.6. The van der Waals surface area contributed by atoms with Crippen LogP contribution in [-0.4, -0.2) is 17.4 Å². The molecule has 0 saturated heterocycles. The van der Waals surface area contributed by atoms with Gasteiger partial charge in [-0.1, -0.05) is 48.5 Å². The fourth-order valence-corrected chi connectivity index (χ4v) is 3.83. The van der Waals surface area contributed by atoms with Crippen LogP contribution in [0.4, 0.5) is 0 Å². The molecular formula is C21H15NO3. The van der Waals surface area contributed by atoms with Crippen molar-refractivity contribution in [3.05, 3.63) is 95.9 Å². The lowest BCUT2D eigenvalue weighted by Crippen LogP contribution is -2.20. The molecule has 0 bridgehead atoms. The fraction of sp³-hybridized carbons (Fsp3) is 0.143. The third-order valence-corrected chi connectivity index (χ3v) is 5.00. The van der Waals surface area contributed by atoms with Crippen molar-refractivity contribution < 1.29 is 13.9 Å². The van der Waals surface area contributed by atoms with Crippen LogP contribution in [0.5, 0.6) is 0 Å². The van der Waals surface area contributed by atoms with Crippen LogP contribution >= 0.6 is 0 Å². The highest BCUT2D eigenvalue weighted by Crippen LogP contribution is 2.68. The van der Waals surface area contributed by atoms with Gasteiger partial charge in [0.05, 0.1) is 12.2 Å². The summed E-state index contributed by atoms with van der Waals surface area (Å²) in [7, 11) is 0. The van der Waals surface area contributed by atoms with Gasteiger partial charge in [-0.2, -0.15) is 0 Å². The van der Waals surface area contributed by atoms with E-state index in [1.165, 1.54) is 0 Å². The number of ether oxygens (including phenoxy) is 1. The predicted octanol–water partition coefficient (Wildman–Crippen LogP) is 3.90. The monoisotopic (exact) mass is 329 g/mol. The van der Waals surface area contributed by atoms with Crippen molar-refractivity contribution in [1.29, 1.82) is 0 Å². The molecule has 0 N–H and O–H groups in total. The largest absolute Gasteiger partial charge is 0.469 e. The van der Waals surface area contributed by atoms with E-state index in [-0.39, 0.29) is 17.8 Å². The van der Waals surface area contributed by atoms with Crippen LogP contribution in [0, 0.1) is 0 Å². The minimum Gasteiger partial charge on any atom is -0.469 e.